The third-order valence-corrected chi connectivity index (χ3v) is 3.56. The topological polar surface area (TPSA) is 15.3 Å². The first-order valence-corrected chi connectivity index (χ1v) is 6.70. The van der Waals surface area contributed by atoms with Gasteiger partial charge in [0, 0.05) is 6.04 Å². The summed E-state index contributed by atoms with van der Waals surface area (Å²) in [6.45, 7) is 2.32. The number of aryl methyl sites for hydroxylation is 1. The average Bonchev–Trinajstić information content (AvgIpc) is 2.34. The van der Waals surface area contributed by atoms with Crippen LogP contribution >= 0.6 is 0 Å². The number of hydrogen-bond acceptors (Lipinski definition) is 2. The molecule has 0 aliphatic heterocycles. The summed E-state index contributed by atoms with van der Waals surface area (Å²) in [6, 6.07) is 9.56. The van der Waals surface area contributed by atoms with Gasteiger partial charge in [-0.2, -0.15) is 0 Å². The van der Waals surface area contributed by atoms with Crippen molar-refractivity contribution in [2.24, 2.45) is 0 Å². The Morgan fingerprint density at radius 3 is 2.76 bits per heavy atom. The number of nitrogens with one attached hydrogen (secondary N) is 1. The number of nitrogens with zero attached hydrogens (tertiary/aromatic N) is 1. The molecule has 17 heavy (non-hydrogen) atoms. The lowest BCUT2D eigenvalue weighted by Crippen LogP contribution is -2.36. The van der Waals surface area contributed by atoms with Crippen molar-refractivity contribution < 1.29 is 0 Å². The molecule has 1 aliphatic carbocycles. The fraction of sp³-hybridized carbons (Fsp3) is 0.600. The Morgan fingerprint density at radius 2 is 2.00 bits per heavy atom. The van der Waals surface area contributed by atoms with Crippen molar-refractivity contribution in [3.05, 3.63) is 35.4 Å². The van der Waals surface area contributed by atoms with E-state index in [1.807, 2.05) is 0 Å². The molecule has 0 amide bonds. The van der Waals surface area contributed by atoms with E-state index in [0.29, 0.717) is 6.04 Å². The molecule has 0 unspecified atom stereocenters. The van der Waals surface area contributed by atoms with E-state index in [9.17, 15) is 0 Å². The van der Waals surface area contributed by atoms with Crippen LogP contribution in [0.5, 0.6) is 0 Å². The zero-order chi connectivity index (χ0) is 12.1. The fourth-order valence-electron chi connectivity index (χ4n) is 2.57. The molecule has 1 aromatic carbocycles. The normalized spacial score (nSPS) is 19.4. The van der Waals surface area contributed by atoms with Gasteiger partial charge in [0.15, 0.2) is 0 Å². The lowest BCUT2D eigenvalue weighted by molar-refractivity contribution is 0.378. The highest BCUT2D eigenvalue weighted by Gasteiger charge is 2.16. The molecule has 1 N–H and O–H groups in total. The maximum absolute atomic E-state index is 3.69. The molecule has 1 atom stereocenters. The van der Waals surface area contributed by atoms with Gasteiger partial charge in [-0.05, 0) is 64.0 Å². The van der Waals surface area contributed by atoms with Crippen LogP contribution in [0.2, 0.25) is 0 Å². The summed E-state index contributed by atoms with van der Waals surface area (Å²) >= 11 is 0. The Labute approximate surface area is 105 Å². The lowest BCUT2D eigenvalue weighted by Gasteiger charge is -2.25. The Morgan fingerprint density at radius 1 is 1.24 bits per heavy atom. The van der Waals surface area contributed by atoms with Gasteiger partial charge in [0.05, 0.1) is 0 Å². The van der Waals surface area contributed by atoms with Gasteiger partial charge in [0.2, 0.25) is 0 Å². The molecule has 1 aromatic rings. The Hall–Kier alpha value is -0.860. The molecule has 0 heterocycles. The van der Waals surface area contributed by atoms with E-state index in [-0.39, 0.29) is 0 Å². The van der Waals surface area contributed by atoms with Gasteiger partial charge in [-0.15, -0.1) is 0 Å². The minimum atomic E-state index is 0.687. The molecular weight excluding hydrogens is 208 g/mol. The van der Waals surface area contributed by atoms with E-state index >= 15 is 0 Å². The molecule has 0 fully saturated rings. The molecule has 2 heteroatoms. The Bertz CT molecular complexity index is 347. The average molecular weight is 232 g/mol. The molecule has 0 saturated heterocycles. The molecule has 2 nitrogen and oxygen atoms in total. The van der Waals surface area contributed by atoms with Crippen LogP contribution in [0.1, 0.15) is 24.0 Å². The van der Waals surface area contributed by atoms with E-state index in [1.54, 1.807) is 11.1 Å². The van der Waals surface area contributed by atoms with Crippen LogP contribution < -0.4 is 5.32 Å². The van der Waals surface area contributed by atoms with Gasteiger partial charge in [-0.3, -0.25) is 0 Å². The quantitative estimate of drug-likeness (QED) is 0.782. The largest absolute Gasteiger partial charge is 0.314 e. The van der Waals surface area contributed by atoms with Crippen LogP contribution in [0.4, 0.5) is 0 Å². The molecule has 2 rings (SSSR count). The fourth-order valence-corrected chi connectivity index (χ4v) is 2.57. The van der Waals surface area contributed by atoms with Gasteiger partial charge in [-0.1, -0.05) is 24.3 Å². The van der Waals surface area contributed by atoms with E-state index in [1.165, 1.54) is 32.2 Å². The summed E-state index contributed by atoms with van der Waals surface area (Å²) < 4.78 is 0. The molecule has 0 aromatic heterocycles. The zero-order valence-electron chi connectivity index (χ0n) is 11.1. The van der Waals surface area contributed by atoms with Gasteiger partial charge in [0.1, 0.15) is 0 Å². The second-order valence-electron chi connectivity index (χ2n) is 5.32. The van der Waals surface area contributed by atoms with Crippen molar-refractivity contribution in [3.8, 4) is 0 Å². The van der Waals surface area contributed by atoms with Crippen molar-refractivity contribution >= 4 is 0 Å². The first-order chi connectivity index (χ1) is 8.25. The highest BCUT2D eigenvalue weighted by Crippen LogP contribution is 2.20. The third-order valence-electron chi connectivity index (χ3n) is 3.56. The Kier molecular flexibility index (Phi) is 4.57. The first-order valence-electron chi connectivity index (χ1n) is 6.70. The smallest absolute Gasteiger partial charge is 0.0111 e. The van der Waals surface area contributed by atoms with Crippen LogP contribution in [0.15, 0.2) is 24.3 Å². The van der Waals surface area contributed by atoms with Gasteiger partial charge in [0.25, 0.3) is 0 Å². The van der Waals surface area contributed by atoms with E-state index in [0.717, 1.165) is 6.54 Å². The Balaban J connectivity index is 1.75. The van der Waals surface area contributed by atoms with Gasteiger partial charge < -0.3 is 10.2 Å². The second-order valence-corrected chi connectivity index (χ2v) is 5.32. The highest BCUT2D eigenvalue weighted by atomic mass is 15.1. The van der Waals surface area contributed by atoms with E-state index < -0.39 is 0 Å². The standard InChI is InChI=1S/C15H24N2/c1-17(2)11-5-10-16-15-9-8-13-6-3-4-7-14(13)12-15/h3-4,6-7,15-16H,5,8-12H2,1-2H3/t15-/m1/s1. The molecular formula is C15H24N2. The minimum Gasteiger partial charge on any atom is -0.314 e. The molecule has 0 bridgehead atoms. The molecule has 94 valence electrons. The summed E-state index contributed by atoms with van der Waals surface area (Å²) in [5.74, 6) is 0. The van der Waals surface area contributed by atoms with Gasteiger partial charge in [-0.25, -0.2) is 0 Å². The second kappa shape index (κ2) is 6.18. The van der Waals surface area contributed by atoms with Crippen molar-refractivity contribution in [1.82, 2.24) is 10.2 Å². The maximum Gasteiger partial charge on any atom is 0.0111 e. The summed E-state index contributed by atoms with van der Waals surface area (Å²) in [7, 11) is 4.27. The molecule has 0 spiro atoms. The van der Waals surface area contributed by atoms with Crippen LogP contribution in [-0.2, 0) is 12.8 Å². The predicted molar refractivity (Wildman–Crippen MR) is 73.4 cm³/mol. The van der Waals surface area contributed by atoms with Crippen LogP contribution in [-0.4, -0.2) is 38.1 Å². The summed E-state index contributed by atoms with van der Waals surface area (Å²) in [6.07, 6.45) is 4.98. The predicted octanol–water partition coefficient (Wildman–Crippen LogP) is 2.09. The summed E-state index contributed by atoms with van der Waals surface area (Å²) in [5.41, 5.74) is 3.10. The lowest BCUT2D eigenvalue weighted by atomic mass is 9.88. The van der Waals surface area contributed by atoms with Crippen molar-refractivity contribution in [3.63, 3.8) is 0 Å². The number of fused-ring (bicyclic) bond motifs is 1. The number of rotatable bonds is 5. The van der Waals surface area contributed by atoms with Crippen molar-refractivity contribution in [2.75, 3.05) is 27.2 Å². The third kappa shape index (κ3) is 3.83. The van der Waals surface area contributed by atoms with E-state index in [2.05, 4.69) is 48.6 Å². The van der Waals surface area contributed by atoms with Crippen LogP contribution in [0, 0.1) is 0 Å². The summed E-state index contributed by atoms with van der Waals surface area (Å²) in [5, 5.41) is 3.69. The minimum absolute atomic E-state index is 0.687. The zero-order valence-corrected chi connectivity index (χ0v) is 11.1. The monoisotopic (exact) mass is 232 g/mol. The first kappa shape index (κ1) is 12.6. The van der Waals surface area contributed by atoms with E-state index in [4.69, 9.17) is 0 Å². The molecule has 0 radical (unpaired) electrons. The van der Waals surface area contributed by atoms with Crippen molar-refractivity contribution in [1.29, 1.82) is 0 Å². The van der Waals surface area contributed by atoms with Crippen LogP contribution in [0.25, 0.3) is 0 Å². The SMILES string of the molecule is CN(C)CCCN[C@@H]1CCc2ccccc2C1. The maximum atomic E-state index is 3.69. The highest BCUT2D eigenvalue weighted by molar-refractivity contribution is 5.30. The number of benzene rings is 1. The van der Waals surface area contributed by atoms with Crippen molar-refractivity contribution in [2.45, 2.75) is 31.7 Å². The van der Waals surface area contributed by atoms with Crippen LogP contribution in [0.3, 0.4) is 0 Å². The summed E-state index contributed by atoms with van der Waals surface area (Å²) in [4.78, 5) is 2.25. The van der Waals surface area contributed by atoms with Gasteiger partial charge >= 0.3 is 0 Å². The molecule has 0 saturated carbocycles. The number of hydrogen-bond donors (Lipinski definition) is 1. The molecule has 1 aliphatic rings.